The molecule has 0 bridgehead atoms. The normalized spacial score (nSPS) is 24.7. The second-order valence-electron chi connectivity index (χ2n) is 20.8. The average Bonchev–Trinajstić information content (AvgIpc) is 3.60. The van der Waals surface area contributed by atoms with Crippen molar-refractivity contribution >= 4 is 47.1 Å². The van der Waals surface area contributed by atoms with Crippen LogP contribution in [-0.2, 0) is 66.8 Å². The number of aliphatic hydroxyl groups excluding tert-OH is 9. The zero-order valence-corrected chi connectivity index (χ0v) is 48.4. The van der Waals surface area contributed by atoms with E-state index in [-0.39, 0.29) is 95.5 Å². The number of hydrogen-bond acceptors (Lipinski definition) is 23. The van der Waals surface area contributed by atoms with Crippen molar-refractivity contribution in [3.05, 3.63) is 0 Å². The Bertz CT molecular complexity index is 1940. The number of ether oxygens (including phenoxy) is 6. The first-order chi connectivity index (χ1) is 39.5. The Labute approximate surface area is 484 Å². The maximum atomic E-state index is 13.8. The van der Waals surface area contributed by atoms with Crippen molar-refractivity contribution in [1.82, 2.24) is 37.2 Å². The summed E-state index contributed by atoms with van der Waals surface area (Å²) in [6, 6.07) is -5.24. The summed E-state index contributed by atoms with van der Waals surface area (Å²) in [6.07, 6.45) is -9.57. The van der Waals surface area contributed by atoms with Crippen LogP contribution in [0.3, 0.4) is 0 Å². The first kappa shape index (κ1) is 74.5. The molecule has 0 aliphatic carbocycles. The van der Waals surface area contributed by atoms with Gasteiger partial charge in [0.15, 0.2) is 24.7 Å². The Morgan fingerprint density at radius 2 is 0.976 bits per heavy atom. The maximum absolute atomic E-state index is 13.8. The Morgan fingerprint density at radius 3 is 1.39 bits per heavy atom. The van der Waals surface area contributed by atoms with Crippen molar-refractivity contribution in [2.75, 3.05) is 59.3 Å². The lowest BCUT2D eigenvalue weighted by atomic mass is 9.97. The molecule has 0 radical (unpaired) electrons. The van der Waals surface area contributed by atoms with Crippen molar-refractivity contribution < 1.29 is 113 Å². The smallest absolute Gasteiger partial charge is 0.243 e. The van der Waals surface area contributed by atoms with E-state index >= 15 is 0 Å². The maximum Gasteiger partial charge on any atom is 0.243 e. The van der Waals surface area contributed by atoms with E-state index in [2.05, 4.69) is 37.2 Å². The molecule has 30 heteroatoms. The van der Waals surface area contributed by atoms with E-state index in [1.165, 1.54) is 34.6 Å². The summed E-state index contributed by atoms with van der Waals surface area (Å²) in [4.78, 5) is 100. The number of nitrogens with one attached hydrogen (secondary N) is 7. The van der Waals surface area contributed by atoms with Crippen LogP contribution in [0.5, 0.6) is 0 Å². The summed E-state index contributed by atoms with van der Waals surface area (Å²) >= 11 is 0. The monoisotopic (exact) mass is 1200 g/mol. The minimum absolute atomic E-state index is 0.0266. The molecule has 2 saturated heterocycles. The van der Waals surface area contributed by atoms with Gasteiger partial charge in [0.25, 0.3) is 0 Å². The van der Waals surface area contributed by atoms with E-state index in [0.29, 0.717) is 51.4 Å². The number of ketones is 1. The molecule has 0 aromatic heterocycles. The quantitative estimate of drug-likeness (QED) is 0.0201. The minimum atomic E-state index is -1.46. The van der Waals surface area contributed by atoms with E-state index in [1.54, 1.807) is 0 Å². The number of rotatable bonds is 43. The Balaban J connectivity index is 1.93. The van der Waals surface area contributed by atoms with E-state index < -0.39 is 154 Å². The number of unbranched alkanes of at least 4 members (excludes halogenated alkanes) is 5. The summed E-state index contributed by atoms with van der Waals surface area (Å²) in [5, 5.41) is 109. The highest BCUT2D eigenvalue weighted by Gasteiger charge is 2.46. The van der Waals surface area contributed by atoms with Gasteiger partial charge < -0.3 is 112 Å². The lowest BCUT2D eigenvalue weighted by molar-refractivity contribution is -0.270. The second-order valence-corrected chi connectivity index (χ2v) is 20.8. The fourth-order valence-corrected chi connectivity index (χ4v) is 8.94. The molecule has 2 aliphatic rings. The lowest BCUT2D eigenvalue weighted by Gasteiger charge is -2.42. The number of aliphatic hydroxyl groups is 9. The molecular formula is C53H95N7O23. The van der Waals surface area contributed by atoms with Gasteiger partial charge >= 0.3 is 0 Å². The number of carbonyl (C=O) groups excluding carboxylic acids is 8. The summed E-state index contributed by atoms with van der Waals surface area (Å²) < 4.78 is 33.9. The minimum Gasteiger partial charge on any atom is -0.394 e. The van der Waals surface area contributed by atoms with Gasteiger partial charge in [-0.05, 0) is 90.9 Å². The summed E-state index contributed by atoms with van der Waals surface area (Å²) in [6.45, 7) is 4.65. The fourth-order valence-electron chi connectivity index (χ4n) is 8.94. The first-order valence-electron chi connectivity index (χ1n) is 28.6. The molecule has 2 fully saturated rings. The summed E-state index contributed by atoms with van der Waals surface area (Å²) in [7, 11) is 0. The van der Waals surface area contributed by atoms with Gasteiger partial charge in [-0.25, -0.2) is 0 Å². The van der Waals surface area contributed by atoms with Crippen LogP contribution in [0.1, 0.15) is 131 Å². The fraction of sp³-hybridized carbons (Fsp3) is 0.849. The molecule has 0 aromatic carbocycles. The molecule has 30 nitrogen and oxygen atoms in total. The third-order valence-corrected chi connectivity index (χ3v) is 13.6. The molecular weight excluding hydrogens is 1100 g/mol. The summed E-state index contributed by atoms with van der Waals surface area (Å²) in [5.74, 6) is -3.43. The van der Waals surface area contributed by atoms with Gasteiger partial charge in [0.1, 0.15) is 66.9 Å². The average molecular weight is 1200 g/mol. The highest BCUT2D eigenvalue weighted by Crippen LogP contribution is 2.24. The van der Waals surface area contributed by atoms with E-state index in [0.717, 1.165) is 0 Å². The van der Waals surface area contributed by atoms with Crippen molar-refractivity contribution in [3.63, 3.8) is 0 Å². The molecule has 0 saturated carbocycles. The van der Waals surface area contributed by atoms with Crippen LogP contribution in [-0.4, -0.2) is 250 Å². The number of Topliss-reactive ketones (excluding diaryl/α,β-unsaturated/α-hetero) is 1. The van der Waals surface area contributed by atoms with Crippen LogP contribution in [0, 0.1) is 0 Å². The highest BCUT2D eigenvalue weighted by molar-refractivity contribution is 5.92. The van der Waals surface area contributed by atoms with Crippen molar-refractivity contribution in [1.29, 1.82) is 0 Å². The molecule has 0 aromatic rings. The number of amides is 7. The molecule has 2 heterocycles. The molecule has 2 rings (SSSR count). The molecule has 480 valence electrons. The number of hydrogen-bond donors (Lipinski definition) is 16. The van der Waals surface area contributed by atoms with Crippen molar-refractivity contribution in [2.24, 2.45) is 0 Å². The Morgan fingerprint density at radius 1 is 0.518 bits per heavy atom. The van der Waals surface area contributed by atoms with Crippen LogP contribution < -0.4 is 37.2 Å². The van der Waals surface area contributed by atoms with E-state index in [1.807, 2.05) is 0 Å². The SMILES string of the molecule is CC(=O)NC1C(OCCCCC(=O)NCCCCC(NC(=O)C(CCCCNC(=O)CCCCOC2OC(CO)C(O)C(O)C2NC(C)=O)NC(=O)CCCCOC(OC(CO)[C@@H](C)O)[C@H](CO)NC(C)=O)C(C)=O)OC(CO)C(O)C1O. The van der Waals surface area contributed by atoms with Crippen molar-refractivity contribution in [2.45, 2.75) is 229 Å². The lowest BCUT2D eigenvalue weighted by Crippen LogP contribution is -2.64. The van der Waals surface area contributed by atoms with Crippen LogP contribution in [0.25, 0.3) is 0 Å². The van der Waals surface area contributed by atoms with E-state index in [9.17, 15) is 84.3 Å². The molecule has 7 amide bonds. The summed E-state index contributed by atoms with van der Waals surface area (Å²) in [5.41, 5.74) is 0. The van der Waals surface area contributed by atoms with Gasteiger partial charge in [-0.3, -0.25) is 38.4 Å². The van der Waals surface area contributed by atoms with Crippen LogP contribution >= 0.6 is 0 Å². The molecule has 16 atom stereocenters. The van der Waals surface area contributed by atoms with Gasteiger partial charge in [-0.1, -0.05) is 0 Å². The topological polar surface area (TPSA) is 458 Å². The van der Waals surface area contributed by atoms with E-state index in [4.69, 9.17) is 28.4 Å². The third kappa shape index (κ3) is 28.9. The Kier molecular flexibility index (Phi) is 37.2. The first-order valence-corrected chi connectivity index (χ1v) is 28.6. The van der Waals surface area contributed by atoms with Gasteiger partial charge in [-0.15, -0.1) is 0 Å². The zero-order chi connectivity index (χ0) is 62.0. The Hall–Kier alpha value is -4.64. The predicted octanol–water partition coefficient (Wildman–Crippen LogP) is -4.85. The standard InChI is InChI=1S/C53H95N7O23/c1-30(65)35(16-6-11-21-54-41(70)18-8-13-24-79-52-44(57-33(4)68)48(75)46(73)39(28-63)82-52)60-50(77)36(59-43(72)20-10-15-23-78-51(37(26-61)56-32(3)67)81-38(27-62)31(2)66)17-7-12-22-55-42(71)19-9-14-25-80-53-45(58-34(5)69)49(76)47(74)40(29-64)83-53/h31,35-40,44-49,51-53,61-64,66,73-76H,6-29H2,1-5H3,(H,54,70)(H,55,71)(H,56,67)(H,57,68)(H,58,69)(H,59,72)(H,60,77)/t31-,35?,36?,37+,38?,39?,40?,44?,45?,46?,47?,48?,49?,51?,52?,53?/m1/s1. The van der Waals surface area contributed by atoms with Crippen LogP contribution in [0.2, 0.25) is 0 Å². The zero-order valence-electron chi connectivity index (χ0n) is 48.4. The molecule has 14 unspecified atom stereocenters. The van der Waals surface area contributed by atoms with Gasteiger partial charge in [0.2, 0.25) is 41.4 Å². The van der Waals surface area contributed by atoms with Crippen molar-refractivity contribution in [3.8, 4) is 0 Å². The molecule has 0 spiro atoms. The largest absolute Gasteiger partial charge is 0.394 e. The number of carbonyl (C=O) groups is 8. The van der Waals surface area contributed by atoms with Crippen LogP contribution in [0.4, 0.5) is 0 Å². The highest BCUT2D eigenvalue weighted by atomic mass is 16.7. The van der Waals surface area contributed by atoms with Gasteiger partial charge in [0, 0.05) is 72.9 Å². The third-order valence-electron chi connectivity index (χ3n) is 13.6. The van der Waals surface area contributed by atoms with Crippen LogP contribution in [0.15, 0.2) is 0 Å². The molecule has 83 heavy (non-hydrogen) atoms. The van der Waals surface area contributed by atoms with Gasteiger partial charge in [-0.2, -0.15) is 0 Å². The van der Waals surface area contributed by atoms with Gasteiger partial charge in [0.05, 0.1) is 38.6 Å². The molecule has 16 N–H and O–H groups in total. The second kappa shape index (κ2) is 41.4. The molecule has 2 aliphatic heterocycles. The predicted molar refractivity (Wildman–Crippen MR) is 291 cm³/mol.